The molecule has 19 heavy (non-hydrogen) atoms. The highest BCUT2D eigenvalue weighted by atomic mass is 35.5. The Labute approximate surface area is 122 Å². The normalized spacial score (nSPS) is 18.0. The summed E-state index contributed by atoms with van der Waals surface area (Å²) in [4.78, 5) is 4.46. The van der Waals surface area contributed by atoms with Crippen LogP contribution in [0.5, 0.6) is 0 Å². The molecule has 0 amide bonds. The summed E-state index contributed by atoms with van der Waals surface area (Å²) in [6.45, 7) is 2.12. The summed E-state index contributed by atoms with van der Waals surface area (Å²) in [6.07, 6.45) is 10.00. The first-order chi connectivity index (χ1) is 8.78. The molecule has 1 aliphatic rings. The Kier molecular flexibility index (Phi) is 7.39. The molecular formula is C14H26ClN3O. The number of hydrogen-bond donors (Lipinski definition) is 1. The van der Waals surface area contributed by atoms with E-state index in [2.05, 4.69) is 22.4 Å². The molecule has 0 radical (unpaired) electrons. The first kappa shape index (κ1) is 16.4. The number of likely N-dealkylation sites (N-methyl/N-ethyl adjacent to an activating group) is 1. The standard InChI is InChI=1S/C14H25N3O.ClH/c1-11(15-2)10-13-16-14(18-17-13)9-8-12-6-4-3-5-7-12;/h11-12,15H,3-10H2,1-2H3;1H. The topological polar surface area (TPSA) is 51.0 Å². The molecule has 0 aliphatic heterocycles. The predicted octanol–water partition coefficient (Wildman–Crippen LogP) is 3.15. The fourth-order valence-electron chi connectivity index (χ4n) is 2.65. The Morgan fingerprint density at radius 3 is 2.74 bits per heavy atom. The lowest BCUT2D eigenvalue weighted by atomic mass is 9.86. The first-order valence-corrected chi connectivity index (χ1v) is 7.26. The third-order valence-electron chi connectivity index (χ3n) is 3.98. The Hall–Kier alpha value is -0.610. The van der Waals surface area contributed by atoms with Crippen LogP contribution in [0, 0.1) is 5.92 Å². The number of rotatable bonds is 6. The minimum Gasteiger partial charge on any atom is -0.339 e. The summed E-state index contributed by atoms with van der Waals surface area (Å²) in [5.74, 6) is 2.53. The van der Waals surface area contributed by atoms with Crippen molar-refractivity contribution in [2.45, 2.75) is 64.3 Å². The maximum Gasteiger partial charge on any atom is 0.226 e. The van der Waals surface area contributed by atoms with Crippen molar-refractivity contribution >= 4 is 12.4 Å². The van der Waals surface area contributed by atoms with Crippen LogP contribution in [0.3, 0.4) is 0 Å². The van der Waals surface area contributed by atoms with Crippen molar-refractivity contribution in [3.05, 3.63) is 11.7 Å². The molecule has 4 nitrogen and oxygen atoms in total. The van der Waals surface area contributed by atoms with Crippen LogP contribution in [0.15, 0.2) is 4.52 Å². The zero-order valence-electron chi connectivity index (χ0n) is 12.0. The molecule has 1 N–H and O–H groups in total. The number of nitrogens with zero attached hydrogens (tertiary/aromatic N) is 2. The molecule has 5 heteroatoms. The van der Waals surface area contributed by atoms with Gasteiger partial charge in [0.1, 0.15) is 0 Å². The van der Waals surface area contributed by atoms with E-state index in [0.29, 0.717) is 6.04 Å². The molecule has 1 heterocycles. The zero-order valence-corrected chi connectivity index (χ0v) is 12.8. The molecule has 1 aromatic heterocycles. The molecule has 0 aromatic carbocycles. The molecule has 0 spiro atoms. The van der Waals surface area contributed by atoms with Gasteiger partial charge in [0, 0.05) is 18.9 Å². The average Bonchev–Trinajstić information content (AvgIpc) is 2.85. The number of aromatic nitrogens is 2. The van der Waals surface area contributed by atoms with Gasteiger partial charge in [-0.15, -0.1) is 12.4 Å². The van der Waals surface area contributed by atoms with Crippen LogP contribution in [0.25, 0.3) is 0 Å². The Bertz CT molecular complexity index is 350. The third kappa shape index (κ3) is 5.49. The van der Waals surface area contributed by atoms with Crippen molar-refractivity contribution in [3.8, 4) is 0 Å². The van der Waals surface area contributed by atoms with Crippen molar-refractivity contribution in [1.82, 2.24) is 15.5 Å². The number of halogens is 1. The fourth-order valence-corrected chi connectivity index (χ4v) is 2.65. The SMILES string of the molecule is CNC(C)Cc1noc(CCC2CCCCC2)n1.Cl. The molecular weight excluding hydrogens is 262 g/mol. The van der Waals surface area contributed by atoms with Gasteiger partial charge in [0.2, 0.25) is 5.89 Å². The molecule has 1 aliphatic carbocycles. The molecule has 1 atom stereocenters. The van der Waals surface area contributed by atoms with Crippen LogP contribution in [-0.2, 0) is 12.8 Å². The molecule has 1 saturated carbocycles. The Balaban J connectivity index is 0.00000180. The highest BCUT2D eigenvalue weighted by molar-refractivity contribution is 5.85. The van der Waals surface area contributed by atoms with Crippen molar-refractivity contribution in [2.75, 3.05) is 7.05 Å². The van der Waals surface area contributed by atoms with E-state index < -0.39 is 0 Å². The lowest BCUT2D eigenvalue weighted by Gasteiger charge is -2.20. The quantitative estimate of drug-likeness (QED) is 0.873. The fraction of sp³-hybridized carbons (Fsp3) is 0.857. The molecule has 2 rings (SSSR count). The number of nitrogens with one attached hydrogen (secondary N) is 1. The number of hydrogen-bond acceptors (Lipinski definition) is 4. The van der Waals surface area contributed by atoms with E-state index >= 15 is 0 Å². The van der Waals surface area contributed by atoms with Crippen molar-refractivity contribution in [2.24, 2.45) is 5.92 Å². The summed E-state index contributed by atoms with van der Waals surface area (Å²) >= 11 is 0. The van der Waals surface area contributed by atoms with Gasteiger partial charge in [-0.25, -0.2) is 0 Å². The van der Waals surface area contributed by atoms with E-state index in [9.17, 15) is 0 Å². The minimum atomic E-state index is 0. The van der Waals surface area contributed by atoms with Gasteiger partial charge < -0.3 is 9.84 Å². The maximum absolute atomic E-state index is 5.31. The van der Waals surface area contributed by atoms with Gasteiger partial charge in [-0.1, -0.05) is 37.3 Å². The van der Waals surface area contributed by atoms with Crippen LogP contribution in [0.1, 0.15) is 57.2 Å². The van der Waals surface area contributed by atoms with E-state index in [-0.39, 0.29) is 12.4 Å². The first-order valence-electron chi connectivity index (χ1n) is 7.26. The highest BCUT2D eigenvalue weighted by Gasteiger charge is 2.15. The number of aryl methyl sites for hydroxylation is 1. The van der Waals surface area contributed by atoms with Gasteiger partial charge in [-0.05, 0) is 26.3 Å². The van der Waals surface area contributed by atoms with Crippen molar-refractivity contribution in [3.63, 3.8) is 0 Å². The van der Waals surface area contributed by atoms with Crippen molar-refractivity contribution < 1.29 is 4.52 Å². The molecule has 110 valence electrons. The average molecular weight is 288 g/mol. The lowest BCUT2D eigenvalue weighted by molar-refractivity contribution is 0.313. The third-order valence-corrected chi connectivity index (χ3v) is 3.98. The molecule has 0 saturated heterocycles. The summed E-state index contributed by atoms with van der Waals surface area (Å²) in [7, 11) is 1.95. The van der Waals surface area contributed by atoms with Gasteiger partial charge in [-0.3, -0.25) is 0 Å². The second kappa shape index (κ2) is 8.54. The monoisotopic (exact) mass is 287 g/mol. The highest BCUT2D eigenvalue weighted by Crippen LogP contribution is 2.27. The van der Waals surface area contributed by atoms with E-state index in [1.165, 1.54) is 38.5 Å². The second-order valence-corrected chi connectivity index (χ2v) is 5.54. The summed E-state index contributed by atoms with van der Waals surface area (Å²) < 4.78 is 5.31. The summed E-state index contributed by atoms with van der Waals surface area (Å²) in [5.41, 5.74) is 0. The van der Waals surface area contributed by atoms with Gasteiger partial charge >= 0.3 is 0 Å². The summed E-state index contributed by atoms with van der Waals surface area (Å²) in [5, 5.41) is 7.23. The van der Waals surface area contributed by atoms with Gasteiger partial charge in [0.25, 0.3) is 0 Å². The molecule has 1 aromatic rings. The minimum absolute atomic E-state index is 0. The van der Waals surface area contributed by atoms with Crippen LogP contribution in [0.2, 0.25) is 0 Å². The molecule has 1 unspecified atom stereocenters. The largest absolute Gasteiger partial charge is 0.339 e. The van der Waals surface area contributed by atoms with E-state index in [4.69, 9.17) is 4.52 Å². The van der Waals surface area contributed by atoms with Crippen LogP contribution >= 0.6 is 12.4 Å². The van der Waals surface area contributed by atoms with Crippen LogP contribution in [0.4, 0.5) is 0 Å². The van der Waals surface area contributed by atoms with Crippen LogP contribution in [-0.4, -0.2) is 23.2 Å². The zero-order chi connectivity index (χ0) is 12.8. The van der Waals surface area contributed by atoms with Crippen LogP contribution < -0.4 is 5.32 Å². The Morgan fingerprint density at radius 2 is 2.05 bits per heavy atom. The predicted molar refractivity (Wildman–Crippen MR) is 78.7 cm³/mol. The summed E-state index contributed by atoms with van der Waals surface area (Å²) in [6, 6.07) is 0.397. The molecule has 1 fully saturated rings. The smallest absolute Gasteiger partial charge is 0.226 e. The van der Waals surface area contributed by atoms with E-state index in [1.54, 1.807) is 0 Å². The van der Waals surface area contributed by atoms with E-state index in [0.717, 1.165) is 30.5 Å². The second-order valence-electron chi connectivity index (χ2n) is 5.54. The van der Waals surface area contributed by atoms with Gasteiger partial charge in [-0.2, -0.15) is 4.98 Å². The van der Waals surface area contributed by atoms with Crippen molar-refractivity contribution in [1.29, 1.82) is 0 Å². The molecule has 0 bridgehead atoms. The van der Waals surface area contributed by atoms with Gasteiger partial charge in [0.15, 0.2) is 5.82 Å². The maximum atomic E-state index is 5.31. The Morgan fingerprint density at radius 1 is 1.32 bits per heavy atom. The van der Waals surface area contributed by atoms with E-state index in [1.807, 2.05) is 7.05 Å². The van der Waals surface area contributed by atoms with Gasteiger partial charge in [0.05, 0.1) is 0 Å². The lowest BCUT2D eigenvalue weighted by Crippen LogP contribution is -2.24.